The Hall–Kier alpha value is -4.01. The molecule has 3 aromatic rings. The molecule has 2 aromatic carbocycles. The molecule has 0 aliphatic heterocycles. The number of carbonyl (C=O) groups excluding carboxylic acids is 1. The van der Waals surface area contributed by atoms with Crippen molar-refractivity contribution < 1.29 is 19.6 Å². The number of nitro groups is 1. The monoisotopic (exact) mass is 380 g/mol. The molecule has 0 saturated carbocycles. The molecule has 1 aromatic heterocycles. The van der Waals surface area contributed by atoms with Gasteiger partial charge in [-0.25, -0.2) is 14.5 Å². The average molecular weight is 380 g/mol. The smallest absolute Gasteiger partial charge is 0.343 e. The lowest BCUT2D eigenvalue weighted by atomic mass is 10.2. The van der Waals surface area contributed by atoms with Crippen molar-refractivity contribution in [2.75, 3.05) is 6.61 Å². The third-order valence-electron chi connectivity index (χ3n) is 3.79. The van der Waals surface area contributed by atoms with E-state index in [4.69, 9.17) is 4.74 Å². The number of hydrogen-bond donors (Lipinski definition) is 1. The first-order valence-electron chi connectivity index (χ1n) is 8.33. The Morgan fingerprint density at radius 3 is 2.75 bits per heavy atom. The van der Waals surface area contributed by atoms with Gasteiger partial charge in [0.2, 0.25) is 0 Å². The number of phenolic OH excluding ortho intramolecular Hbond substituents is 1. The minimum absolute atomic E-state index is 0.129. The number of hydrogen-bond acceptors (Lipinski definition) is 7. The van der Waals surface area contributed by atoms with Crippen LogP contribution in [0.25, 0.3) is 5.69 Å². The van der Waals surface area contributed by atoms with Gasteiger partial charge in [-0.1, -0.05) is 18.2 Å². The molecule has 0 atom stereocenters. The highest BCUT2D eigenvalue weighted by molar-refractivity contribution is 5.96. The molecule has 0 aliphatic rings. The van der Waals surface area contributed by atoms with Crippen LogP contribution in [0.1, 0.15) is 22.8 Å². The Morgan fingerprint density at radius 1 is 1.32 bits per heavy atom. The van der Waals surface area contributed by atoms with Gasteiger partial charge in [0.25, 0.3) is 5.69 Å². The van der Waals surface area contributed by atoms with Crippen LogP contribution in [0.15, 0.2) is 59.7 Å². The first-order valence-corrected chi connectivity index (χ1v) is 8.33. The number of aromatic nitrogens is 2. The predicted octanol–water partition coefficient (Wildman–Crippen LogP) is 3.41. The molecule has 142 valence electrons. The number of nitrogens with zero attached hydrogens (tertiary/aromatic N) is 4. The normalized spacial score (nSPS) is 10.9. The maximum Gasteiger partial charge on any atom is 0.343 e. The largest absolute Gasteiger partial charge is 0.507 e. The van der Waals surface area contributed by atoms with E-state index in [9.17, 15) is 20.0 Å². The number of carbonyl (C=O) groups is 1. The maximum absolute atomic E-state index is 12.2. The molecule has 9 nitrogen and oxygen atoms in total. The summed E-state index contributed by atoms with van der Waals surface area (Å²) in [4.78, 5) is 26.9. The summed E-state index contributed by atoms with van der Waals surface area (Å²) >= 11 is 0. The van der Waals surface area contributed by atoms with Gasteiger partial charge in [-0.2, -0.15) is 5.10 Å². The first-order chi connectivity index (χ1) is 13.5. The summed E-state index contributed by atoms with van der Waals surface area (Å²) in [6, 6.07) is 12.6. The van der Waals surface area contributed by atoms with Gasteiger partial charge in [0.1, 0.15) is 11.3 Å². The lowest BCUT2D eigenvalue weighted by molar-refractivity contribution is -0.384. The third kappa shape index (κ3) is 3.88. The topological polar surface area (TPSA) is 120 Å². The Bertz CT molecular complexity index is 1040. The van der Waals surface area contributed by atoms with Crippen LogP contribution in [0, 0.1) is 10.1 Å². The molecule has 1 heterocycles. The molecule has 0 bridgehead atoms. The molecular weight excluding hydrogens is 364 g/mol. The minimum atomic E-state index is -0.597. The number of nitro benzene ring substituents is 1. The zero-order valence-electron chi connectivity index (χ0n) is 14.8. The van der Waals surface area contributed by atoms with E-state index in [-0.39, 0.29) is 35.0 Å². The lowest BCUT2D eigenvalue weighted by Crippen LogP contribution is -2.04. The number of aliphatic imine (C=N–C) groups is 1. The molecule has 0 spiro atoms. The van der Waals surface area contributed by atoms with Gasteiger partial charge >= 0.3 is 5.97 Å². The Morgan fingerprint density at radius 2 is 2.07 bits per heavy atom. The second kappa shape index (κ2) is 8.12. The Kier molecular flexibility index (Phi) is 5.45. The fraction of sp³-hybridized carbons (Fsp3) is 0.105. The van der Waals surface area contributed by atoms with Crippen LogP contribution < -0.4 is 0 Å². The van der Waals surface area contributed by atoms with E-state index in [0.717, 1.165) is 0 Å². The summed E-state index contributed by atoms with van der Waals surface area (Å²) in [5, 5.41) is 25.1. The summed E-state index contributed by atoms with van der Waals surface area (Å²) in [7, 11) is 0. The summed E-state index contributed by atoms with van der Waals surface area (Å²) in [6.07, 6.45) is 2.58. The summed E-state index contributed by atoms with van der Waals surface area (Å²) in [5.74, 6) is -0.603. The van der Waals surface area contributed by atoms with Crippen LogP contribution in [0.3, 0.4) is 0 Å². The fourth-order valence-corrected chi connectivity index (χ4v) is 2.47. The van der Waals surface area contributed by atoms with Crippen molar-refractivity contribution in [1.29, 1.82) is 0 Å². The van der Waals surface area contributed by atoms with E-state index in [1.807, 2.05) is 6.07 Å². The summed E-state index contributed by atoms with van der Waals surface area (Å²) in [6.45, 7) is 1.87. The molecule has 0 fully saturated rings. The number of rotatable bonds is 6. The number of phenols is 1. The number of non-ortho nitro benzene ring substituents is 1. The number of benzene rings is 2. The molecule has 1 N–H and O–H groups in total. The number of ether oxygens (including phenoxy) is 1. The van der Waals surface area contributed by atoms with Crippen LogP contribution in [-0.4, -0.2) is 38.6 Å². The highest BCUT2D eigenvalue weighted by atomic mass is 16.6. The van der Waals surface area contributed by atoms with E-state index in [1.165, 1.54) is 35.3 Å². The molecular formula is C19H16N4O5. The number of aromatic hydroxyl groups is 1. The maximum atomic E-state index is 12.2. The lowest BCUT2D eigenvalue weighted by Gasteiger charge is -2.06. The van der Waals surface area contributed by atoms with Gasteiger partial charge < -0.3 is 9.84 Å². The van der Waals surface area contributed by atoms with Crippen molar-refractivity contribution >= 4 is 23.7 Å². The van der Waals surface area contributed by atoms with Gasteiger partial charge in [0, 0.05) is 23.9 Å². The van der Waals surface area contributed by atoms with Crippen molar-refractivity contribution in [2.45, 2.75) is 6.92 Å². The standard InChI is InChI=1S/C19H16N4O5/c1-2-28-19(25)16-12-21-22(14-6-4-3-5-7-14)18(16)20-11-13-10-15(23(26)27)8-9-17(13)24/h3-12,24H,2H2,1H3. The minimum Gasteiger partial charge on any atom is -0.507 e. The molecule has 9 heteroatoms. The van der Waals surface area contributed by atoms with Gasteiger partial charge in [-0.05, 0) is 25.1 Å². The van der Waals surface area contributed by atoms with E-state index < -0.39 is 10.9 Å². The molecule has 3 rings (SSSR count). The quantitative estimate of drug-likeness (QED) is 0.303. The van der Waals surface area contributed by atoms with Crippen LogP contribution in [0.2, 0.25) is 0 Å². The zero-order valence-corrected chi connectivity index (χ0v) is 14.8. The fourth-order valence-electron chi connectivity index (χ4n) is 2.47. The number of esters is 1. The van der Waals surface area contributed by atoms with E-state index in [2.05, 4.69) is 10.1 Å². The highest BCUT2D eigenvalue weighted by Gasteiger charge is 2.19. The second-order valence-electron chi connectivity index (χ2n) is 5.61. The molecule has 0 radical (unpaired) electrons. The first kappa shape index (κ1) is 18.8. The van der Waals surface area contributed by atoms with Crippen LogP contribution in [-0.2, 0) is 4.74 Å². The molecule has 0 aliphatic carbocycles. The van der Waals surface area contributed by atoms with Crippen LogP contribution in [0.4, 0.5) is 11.5 Å². The van der Waals surface area contributed by atoms with Crippen LogP contribution in [0.5, 0.6) is 5.75 Å². The molecule has 0 unspecified atom stereocenters. The van der Waals surface area contributed by atoms with E-state index in [0.29, 0.717) is 5.69 Å². The molecule has 0 saturated heterocycles. The van der Waals surface area contributed by atoms with Gasteiger partial charge in [-0.15, -0.1) is 0 Å². The average Bonchev–Trinajstić information content (AvgIpc) is 3.12. The highest BCUT2D eigenvalue weighted by Crippen LogP contribution is 2.26. The zero-order chi connectivity index (χ0) is 20.1. The summed E-state index contributed by atoms with van der Waals surface area (Å²) < 4.78 is 6.48. The van der Waals surface area contributed by atoms with Gasteiger partial charge in [0.15, 0.2) is 5.82 Å². The van der Waals surface area contributed by atoms with Crippen molar-refractivity contribution in [1.82, 2.24) is 9.78 Å². The molecule has 28 heavy (non-hydrogen) atoms. The third-order valence-corrected chi connectivity index (χ3v) is 3.79. The summed E-state index contributed by atoms with van der Waals surface area (Å²) in [5.41, 5.74) is 0.728. The Labute approximate surface area is 159 Å². The molecule has 0 amide bonds. The van der Waals surface area contributed by atoms with Crippen molar-refractivity contribution in [3.63, 3.8) is 0 Å². The van der Waals surface area contributed by atoms with E-state index >= 15 is 0 Å². The van der Waals surface area contributed by atoms with Crippen molar-refractivity contribution in [3.8, 4) is 11.4 Å². The van der Waals surface area contributed by atoms with Crippen LogP contribution >= 0.6 is 0 Å². The van der Waals surface area contributed by atoms with Crippen molar-refractivity contribution in [3.05, 3.63) is 76.0 Å². The Balaban J connectivity index is 2.08. The number of para-hydroxylation sites is 1. The SMILES string of the molecule is CCOC(=O)c1cnn(-c2ccccc2)c1N=Cc1cc([N+](=O)[O-])ccc1O. The second-order valence-corrected chi connectivity index (χ2v) is 5.61. The van der Waals surface area contributed by atoms with Crippen molar-refractivity contribution in [2.24, 2.45) is 4.99 Å². The van der Waals surface area contributed by atoms with Gasteiger partial charge in [0.05, 0.1) is 23.4 Å². The van der Waals surface area contributed by atoms with E-state index in [1.54, 1.807) is 31.2 Å². The van der Waals surface area contributed by atoms with Gasteiger partial charge in [-0.3, -0.25) is 10.1 Å². The predicted molar refractivity (Wildman–Crippen MR) is 102 cm³/mol.